The van der Waals surface area contributed by atoms with Gasteiger partial charge in [-0.1, -0.05) is 199 Å². The summed E-state index contributed by atoms with van der Waals surface area (Å²) in [6.45, 7) is 19.7. The number of alkyl halides is 1. The van der Waals surface area contributed by atoms with Crippen molar-refractivity contribution < 1.29 is 14.0 Å². The van der Waals surface area contributed by atoms with Gasteiger partial charge in [-0.15, -0.1) is 0 Å². The maximum atomic E-state index is 9.60. The molecule has 260 valence electrons. The van der Waals surface area contributed by atoms with E-state index in [9.17, 15) is 5.11 Å². The van der Waals surface area contributed by atoms with Crippen LogP contribution in [-0.2, 0) is 8.85 Å². The summed E-state index contributed by atoms with van der Waals surface area (Å²) in [4.78, 5) is 0. The molecule has 0 saturated heterocycles. The van der Waals surface area contributed by atoms with Gasteiger partial charge in [-0.25, -0.2) is 0 Å². The van der Waals surface area contributed by atoms with Gasteiger partial charge in [-0.3, -0.25) is 0 Å². The Hall–Kier alpha value is -2.33. The summed E-state index contributed by atoms with van der Waals surface area (Å²) in [7, 11) is -4.82. The standard InChI is InChI=1S/C21H29BrOSi.C21H30O2Si/c2*1-5-18(16-22)17-23-24(21(2,3)4,19-12-8-6-9-13-19)20-14-10-7-11-15-20/h6-15,18H,5,16-17H2,1-4H3;6-15,18,22H,5,16-17H2,1-4H3. The Bertz CT molecular complexity index is 1240. The molecular weight excluding hydrogens is 689 g/mol. The zero-order chi connectivity index (χ0) is 35.3. The van der Waals surface area contributed by atoms with Gasteiger partial charge in [0.05, 0.1) is 0 Å². The van der Waals surface area contributed by atoms with E-state index in [-0.39, 0.29) is 22.6 Å². The molecule has 4 aromatic carbocycles. The van der Waals surface area contributed by atoms with Crippen molar-refractivity contribution in [3.63, 3.8) is 0 Å². The highest BCUT2D eigenvalue weighted by molar-refractivity contribution is 9.09. The summed E-state index contributed by atoms with van der Waals surface area (Å²) in [6.07, 6.45) is 2.05. The van der Waals surface area contributed by atoms with E-state index < -0.39 is 16.6 Å². The normalized spacial score (nSPS) is 13.7. The number of halogens is 1. The van der Waals surface area contributed by atoms with Crippen molar-refractivity contribution in [1.82, 2.24) is 0 Å². The lowest BCUT2D eigenvalue weighted by Crippen LogP contribution is -2.67. The zero-order valence-electron chi connectivity index (χ0n) is 30.6. The Morgan fingerprint density at radius 2 is 0.792 bits per heavy atom. The van der Waals surface area contributed by atoms with E-state index >= 15 is 0 Å². The third kappa shape index (κ3) is 9.46. The number of rotatable bonds is 14. The fraction of sp³-hybridized carbons (Fsp3) is 0.429. The molecule has 4 rings (SSSR count). The van der Waals surface area contributed by atoms with Gasteiger partial charge in [0, 0.05) is 31.1 Å². The van der Waals surface area contributed by atoms with Crippen molar-refractivity contribution in [3.05, 3.63) is 121 Å². The Labute approximate surface area is 302 Å². The molecule has 2 atom stereocenters. The van der Waals surface area contributed by atoms with Gasteiger partial charge in [-0.2, -0.15) is 0 Å². The van der Waals surface area contributed by atoms with Crippen LogP contribution in [0.4, 0.5) is 0 Å². The maximum Gasteiger partial charge on any atom is 0.261 e. The zero-order valence-corrected chi connectivity index (χ0v) is 34.2. The molecule has 6 heteroatoms. The summed E-state index contributed by atoms with van der Waals surface area (Å²) < 4.78 is 13.7. The summed E-state index contributed by atoms with van der Waals surface area (Å²) in [6, 6.07) is 43.0. The smallest absolute Gasteiger partial charge is 0.261 e. The van der Waals surface area contributed by atoms with Crippen molar-refractivity contribution in [2.45, 2.75) is 78.3 Å². The third-order valence-corrected chi connectivity index (χ3v) is 20.5. The number of hydrogen-bond donors (Lipinski definition) is 1. The predicted octanol–water partition coefficient (Wildman–Crippen LogP) is 8.57. The van der Waals surface area contributed by atoms with E-state index in [0.29, 0.717) is 12.5 Å². The summed E-state index contributed by atoms with van der Waals surface area (Å²) in [5, 5.41) is 15.9. The van der Waals surface area contributed by atoms with Gasteiger partial charge < -0.3 is 14.0 Å². The molecule has 0 radical (unpaired) electrons. The van der Waals surface area contributed by atoms with Crippen LogP contribution >= 0.6 is 15.9 Å². The molecule has 0 aliphatic rings. The lowest BCUT2D eigenvalue weighted by molar-refractivity contribution is 0.154. The molecule has 3 nitrogen and oxygen atoms in total. The Morgan fingerprint density at radius 1 is 0.521 bits per heavy atom. The minimum atomic E-state index is -2.46. The molecule has 0 bridgehead atoms. The third-order valence-electron chi connectivity index (χ3n) is 9.54. The second-order valence-corrected chi connectivity index (χ2v) is 24.1. The Morgan fingerprint density at radius 3 is 1.00 bits per heavy atom. The van der Waals surface area contributed by atoms with Crippen molar-refractivity contribution in [1.29, 1.82) is 0 Å². The van der Waals surface area contributed by atoms with Crippen molar-refractivity contribution in [3.8, 4) is 0 Å². The summed E-state index contributed by atoms with van der Waals surface area (Å²) in [5.41, 5.74) is 0. The molecular formula is C42H59BrO3Si2. The number of aliphatic hydroxyl groups is 1. The molecule has 0 heterocycles. The SMILES string of the molecule is CCC(CBr)CO[Si](c1ccccc1)(c1ccccc1)C(C)(C)C.CCC(CO)CO[Si](c1ccccc1)(c1ccccc1)C(C)(C)C. The van der Waals surface area contributed by atoms with E-state index in [4.69, 9.17) is 8.85 Å². The largest absolute Gasteiger partial charge is 0.407 e. The first kappa shape index (κ1) is 40.1. The van der Waals surface area contributed by atoms with E-state index in [0.717, 1.165) is 24.8 Å². The monoisotopic (exact) mass is 746 g/mol. The second kappa shape index (κ2) is 18.6. The van der Waals surface area contributed by atoms with Crippen LogP contribution in [0.3, 0.4) is 0 Å². The van der Waals surface area contributed by atoms with Crippen LogP contribution in [0.1, 0.15) is 68.2 Å². The number of aliphatic hydroxyl groups excluding tert-OH is 1. The first-order valence-corrected chi connectivity index (χ1v) is 22.5. The Kier molecular flexibility index (Phi) is 15.5. The average Bonchev–Trinajstić information content (AvgIpc) is 3.10. The van der Waals surface area contributed by atoms with Crippen LogP contribution in [0.25, 0.3) is 0 Å². The summed E-state index contributed by atoms with van der Waals surface area (Å²) >= 11 is 3.64. The van der Waals surface area contributed by atoms with Crippen LogP contribution in [0.5, 0.6) is 0 Å². The highest BCUT2D eigenvalue weighted by atomic mass is 79.9. The van der Waals surface area contributed by atoms with Gasteiger partial charge in [0.25, 0.3) is 16.6 Å². The quantitative estimate of drug-likeness (QED) is 0.104. The molecule has 0 aliphatic carbocycles. The van der Waals surface area contributed by atoms with Crippen molar-refractivity contribution in [2.75, 3.05) is 25.2 Å². The molecule has 48 heavy (non-hydrogen) atoms. The predicted molar refractivity (Wildman–Crippen MR) is 216 cm³/mol. The highest BCUT2D eigenvalue weighted by Gasteiger charge is 2.51. The van der Waals surface area contributed by atoms with E-state index in [2.05, 4.69) is 193 Å². The van der Waals surface area contributed by atoms with Crippen LogP contribution in [0, 0.1) is 11.8 Å². The molecule has 0 aromatic heterocycles. The number of benzene rings is 4. The first-order valence-electron chi connectivity index (χ1n) is 17.6. The topological polar surface area (TPSA) is 38.7 Å². The average molecular weight is 748 g/mol. The maximum absolute atomic E-state index is 9.60. The molecule has 0 amide bonds. The van der Waals surface area contributed by atoms with Crippen molar-refractivity contribution in [2.24, 2.45) is 11.8 Å². The van der Waals surface area contributed by atoms with Crippen LogP contribution < -0.4 is 20.7 Å². The molecule has 0 fully saturated rings. The second-order valence-electron chi connectivity index (χ2n) is 14.8. The van der Waals surface area contributed by atoms with Crippen molar-refractivity contribution >= 4 is 53.3 Å². The molecule has 0 saturated carbocycles. The van der Waals surface area contributed by atoms with Crippen LogP contribution in [0.15, 0.2) is 121 Å². The van der Waals surface area contributed by atoms with E-state index in [1.54, 1.807) is 0 Å². The van der Waals surface area contributed by atoms with Gasteiger partial charge in [0.1, 0.15) is 0 Å². The van der Waals surface area contributed by atoms with Gasteiger partial charge in [-0.05, 0) is 43.2 Å². The lowest BCUT2D eigenvalue weighted by Gasteiger charge is -2.43. The Balaban J connectivity index is 0.000000260. The highest BCUT2D eigenvalue weighted by Crippen LogP contribution is 2.38. The van der Waals surface area contributed by atoms with Gasteiger partial charge in [0.15, 0.2) is 0 Å². The van der Waals surface area contributed by atoms with Gasteiger partial charge in [0.2, 0.25) is 0 Å². The fourth-order valence-electron chi connectivity index (χ4n) is 6.58. The molecule has 4 aromatic rings. The minimum absolute atomic E-state index is 0.0105. The van der Waals surface area contributed by atoms with Crippen LogP contribution in [-0.4, -0.2) is 46.9 Å². The summed E-state index contributed by atoms with van der Waals surface area (Å²) in [5.74, 6) is 0.735. The molecule has 2 unspecified atom stereocenters. The number of hydrogen-bond acceptors (Lipinski definition) is 3. The lowest BCUT2D eigenvalue weighted by atomic mass is 10.1. The van der Waals surface area contributed by atoms with E-state index in [1.165, 1.54) is 20.7 Å². The molecule has 1 N–H and O–H groups in total. The minimum Gasteiger partial charge on any atom is -0.407 e. The van der Waals surface area contributed by atoms with E-state index in [1.807, 2.05) is 0 Å². The first-order chi connectivity index (χ1) is 22.9. The van der Waals surface area contributed by atoms with Gasteiger partial charge >= 0.3 is 0 Å². The molecule has 0 spiro atoms. The fourth-order valence-corrected chi connectivity index (χ4v) is 16.5. The molecule has 0 aliphatic heterocycles. The van der Waals surface area contributed by atoms with Crippen LogP contribution in [0.2, 0.25) is 10.1 Å².